The molecule has 0 aliphatic carbocycles. The van der Waals surface area contributed by atoms with Crippen molar-refractivity contribution in [1.29, 1.82) is 0 Å². The van der Waals surface area contributed by atoms with Crippen LogP contribution >= 0.6 is 0 Å². The van der Waals surface area contributed by atoms with Crippen LogP contribution < -0.4 is 5.01 Å². The zero-order chi connectivity index (χ0) is 10.8. The Morgan fingerprint density at radius 3 is 2.93 bits per heavy atom. The minimum atomic E-state index is 0.00458. The molecule has 0 fully saturated rings. The minimum absolute atomic E-state index is 0.00458. The average molecular weight is 203 g/mol. The fourth-order valence-electron chi connectivity index (χ4n) is 1.49. The van der Waals surface area contributed by atoms with E-state index >= 15 is 0 Å². The van der Waals surface area contributed by atoms with Gasteiger partial charge in [-0.1, -0.05) is 6.92 Å². The first kappa shape index (κ1) is 9.83. The number of pyridine rings is 1. The monoisotopic (exact) mass is 203 g/mol. The topological polar surface area (TPSA) is 45.6 Å². The third-order valence-electron chi connectivity index (χ3n) is 2.36. The summed E-state index contributed by atoms with van der Waals surface area (Å²) in [6.07, 6.45) is 2.93. The zero-order valence-corrected chi connectivity index (χ0v) is 8.90. The largest absolute Gasteiger partial charge is 0.272 e. The summed E-state index contributed by atoms with van der Waals surface area (Å²) in [6, 6.07) is 3.76. The van der Waals surface area contributed by atoms with E-state index in [0.29, 0.717) is 12.2 Å². The van der Waals surface area contributed by atoms with Crippen LogP contribution in [0.2, 0.25) is 0 Å². The molecule has 4 heteroatoms. The number of rotatable bonds is 2. The maximum atomic E-state index is 11.6. The van der Waals surface area contributed by atoms with Crippen molar-refractivity contribution in [1.82, 2.24) is 4.98 Å². The molecule has 15 heavy (non-hydrogen) atoms. The second-order valence-electron chi connectivity index (χ2n) is 3.59. The number of carbonyl (C=O) groups is 1. The Bertz CT molecular complexity index is 426. The maximum Gasteiger partial charge on any atom is 0.254 e. The molecule has 1 aromatic rings. The molecule has 1 aliphatic heterocycles. The van der Waals surface area contributed by atoms with Crippen LogP contribution in [0.15, 0.2) is 23.4 Å². The summed E-state index contributed by atoms with van der Waals surface area (Å²) in [4.78, 5) is 15.8. The van der Waals surface area contributed by atoms with E-state index in [2.05, 4.69) is 10.1 Å². The molecule has 0 unspecified atom stereocenters. The van der Waals surface area contributed by atoms with Gasteiger partial charge in [-0.2, -0.15) is 10.1 Å². The third kappa shape index (κ3) is 1.88. The molecule has 0 saturated heterocycles. The first-order valence-corrected chi connectivity index (χ1v) is 5.02. The smallest absolute Gasteiger partial charge is 0.254 e. The predicted molar refractivity (Wildman–Crippen MR) is 58.8 cm³/mol. The highest BCUT2D eigenvalue weighted by atomic mass is 16.2. The second kappa shape index (κ2) is 3.81. The van der Waals surface area contributed by atoms with E-state index in [4.69, 9.17) is 0 Å². The highest BCUT2D eigenvalue weighted by Crippen LogP contribution is 2.19. The van der Waals surface area contributed by atoms with Crippen LogP contribution in [0.5, 0.6) is 0 Å². The Morgan fingerprint density at radius 1 is 1.53 bits per heavy atom. The minimum Gasteiger partial charge on any atom is -0.272 e. The summed E-state index contributed by atoms with van der Waals surface area (Å²) in [7, 11) is 0. The molecule has 0 radical (unpaired) electrons. The number of hydrogen-bond acceptors (Lipinski definition) is 3. The molecule has 0 aromatic carbocycles. The van der Waals surface area contributed by atoms with Crippen LogP contribution in [0.3, 0.4) is 0 Å². The van der Waals surface area contributed by atoms with E-state index < -0.39 is 0 Å². The maximum absolute atomic E-state index is 11.6. The van der Waals surface area contributed by atoms with Gasteiger partial charge in [0.2, 0.25) is 0 Å². The van der Waals surface area contributed by atoms with Gasteiger partial charge in [0.25, 0.3) is 5.91 Å². The van der Waals surface area contributed by atoms with Crippen LogP contribution in [0, 0.1) is 6.92 Å². The number of anilines is 1. The van der Waals surface area contributed by atoms with Gasteiger partial charge in [-0.15, -0.1) is 0 Å². The molecule has 1 aromatic heterocycles. The molecule has 0 spiro atoms. The van der Waals surface area contributed by atoms with Crippen molar-refractivity contribution in [2.75, 3.05) is 5.01 Å². The summed E-state index contributed by atoms with van der Waals surface area (Å²) < 4.78 is 0. The number of aromatic nitrogens is 1. The fraction of sp³-hybridized carbons (Fsp3) is 0.364. The molecule has 0 atom stereocenters. The highest BCUT2D eigenvalue weighted by Gasteiger charge is 2.24. The van der Waals surface area contributed by atoms with E-state index in [1.54, 1.807) is 6.20 Å². The molecule has 2 heterocycles. The Labute approximate surface area is 88.6 Å². The molecule has 1 amide bonds. The molecule has 0 bridgehead atoms. The van der Waals surface area contributed by atoms with E-state index in [9.17, 15) is 4.79 Å². The fourth-order valence-corrected chi connectivity index (χ4v) is 1.49. The number of amides is 1. The van der Waals surface area contributed by atoms with Gasteiger partial charge >= 0.3 is 0 Å². The van der Waals surface area contributed by atoms with Gasteiger partial charge in [0.1, 0.15) is 0 Å². The van der Waals surface area contributed by atoms with Crippen molar-refractivity contribution in [2.24, 2.45) is 5.10 Å². The Morgan fingerprint density at radius 2 is 2.33 bits per heavy atom. The lowest BCUT2D eigenvalue weighted by atomic mass is 10.2. The average Bonchev–Trinajstić information content (AvgIpc) is 2.60. The van der Waals surface area contributed by atoms with Crippen molar-refractivity contribution in [3.8, 4) is 0 Å². The summed E-state index contributed by atoms with van der Waals surface area (Å²) in [5.74, 6) is 0.619. The number of aryl methyl sites for hydroxylation is 1. The molecule has 2 rings (SSSR count). The van der Waals surface area contributed by atoms with E-state index in [-0.39, 0.29) is 5.91 Å². The third-order valence-corrected chi connectivity index (χ3v) is 2.36. The first-order valence-electron chi connectivity index (χ1n) is 5.02. The van der Waals surface area contributed by atoms with Gasteiger partial charge in [0.15, 0.2) is 5.82 Å². The van der Waals surface area contributed by atoms with Crippen LogP contribution in [-0.2, 0) is 4.79 Å². The predicted octanol–water partition coefficient (Wildman–Crippen LogP) is 1.89. The van der Waals surface area contributed by atoms with Crippen LogP contribution in [0.1, 0.15) is 25.3 Å². The zero-order valence-electron chi connectivity index (χ0n) is 8.90. The summed E-state index contributed by atoms with van der Waals surface area (Å²) in [5.41, 5.74) is 2.00. The lowest BCUT2D eigenvalue weighted by Crippen LogP contribution is -2.20. The number of hydrogen-bond donors (Lipinski definition) is 0. The van der Waals surface area contributed by atoms with Gasteiger partial charge < -0.3 is 0 Å². The van der Waals surface area contributed by atoms with Gasteiger partial charge in [0, 0.05) is 11.9 Å². The molecular formula is C11H13N3O. The van der Waals surface area contributed by atoms with Crippen molar-refractivity contribution in [3.05, 3.63) is 23.9 Å². The molecule has 0 N–H and O–H groups in total. The first-order chi connectivity index (χ1) is 7.20. The number of hydrazone groups is 1. The second-order valence-corrected chi connectivity index (χ2v) is 3.59. The highest BCUT2D eigenvalue weighted by molar-refractivity contribution is 6.12. The Balaban J connectivity index is 2.32. The van der Waals surface area contributed by atoms with Crippen LogP contribution in [0.25, 0.3) is 0 Å². The van der Waals surface area contributed by atoms with Gasteiger partial charge in [0.05, 0.1) is 6.42 Å². The quantitative estimate of drug-likeness (QED) is 0.736. The van der Waals surface area contributed by atoms with E-state index in [1.807, 2.05) is 26.0 Å². The molecule has 4 nitrogen and oxygen atoms in total. The van der Waals surface area contributed by atoms with E-state index in [0.717, 1.165) is 17.7 Å². The normalized spacial score (nSPS) is 15.7. The summed E-state index contributed by atoms with van der Waals surface area (Å²) >= 11 is 0. The summed E-state index contributed by atoms with van der Waals surface area (Å²) in [5, 5.41) is 5.63. The molecule has 1 aliphatic rings. The Hall–Kier alpha value is -1.71. The van der Waals surface area contributed by atoms with Crippen molar-refractivity contribution in [3.63, 3.8) is 0 Å². The van der Waals surface area contributed by atoms with Crippen LogP contribution in [-0.4, -0.2) is 16.6 Å². The van der Waals surface area contributed by atoms with Gasteiger partial charge in [-0.25, -0.2) is 4.98 Å². The standard InChI is InChI=1S/C11H13N3O/c1-3-9-7-11(15)14(13-9)10-6-8(2)4-5-12-10/h4-6H,3,7H2,1-2H3. The van der Waals surface area contributed by atoms with Gasteiger partial charge in [-0.3, -0.25) is 4.79 Å². The van der Waals surface area contributed by atoms with Crippen LogP contribution in [0.4, 0.5) is 5.82 Å². The van der Waals surface area contributed by atoms with E-state index in [1.165, 1.54) is 5.01 Å². The molecule has 0 saturated carbocycles. The number of carbonyl (C=O) groups excluding carboxylic acids is 1. The lowest BCUT2D eigenvalue weighted by molar-refractivity contribution is -0.116. The Kier molecular flexibility index (Phi) is 2.49. The van der Waals surface area contributed by atoms with Gasteiger partial charge in [-0.05, 0) is 31.0 Å². The SMILES string of the molecule is CCC1=NN(c2cc(C)ccn2)C(=O)C1. The molecule has 78 valence electrons. The number of nitrogens with zero attached hydrogens (tertiary/aromatic N) is 3. The lowest BCUT2D eigenvalue weighted by Gasteiger charge is -2.10. The summed E-state index contributed by atoms with van der Waals surface area (Å²) in [6.45, 7) is 3.97. The van der Waals surface area contributed by atoms with Crippen molar-refractivity contribution in [2.45, 2.75) is 26.7 Å². The van der Waals surface area contributed by atoms with Crippen molar-refractivity contribution >= 4 is 17.4 Å². The molecular weight excluding hydrogens is 190 g/mol. The van der Waals surface area contributed by atoms with Crippen molar-refractivity contribution < 1.29 is 4.79 Å².